The number of carboxylic acids is 1. The number of esters is 3. The summed E-state index contributed by atoms with van der Waals surface area (Å²) in [6.45, 7) is 5.56. The lowest BCUT2D eigenvalue weighted by Crippen LogP contribution is -2.61. The normalized spacial score (nSPS) is 19.0. The van der Waals surface area contributed by atoms with Gasteiger partial charge in [0.25, 0.3) is 0 Å². The van der Waals surface area contributed by atoms with E-state index in [1.54, 1.807) is 0 Å². The first-order valence-electron chi connectivity index (χ1n) is 29.2. The van der Waals surface area contributed by atoms with Gasteiger partial charge in [0.2, 0.25) is 0 Å². The second-order valence-corrected chi connectivity index (χ2v) is 19.1. The van der Waals surface area contributed by atoms with Crippen LogP contribution in [-0.2, 0) is 42.9 Å². The van der Waals surface area contributed by atoms with Crippen LogP contribution >= 0.6 is 0 Å². The Morgan fingerprint density at radius 3 is 1.23 bits per heavy atom. The van der Waals surface area contributed by atoms with Gasteiger partial charge in [-0.25, -0.2) is 4.79 Å². The molecule has 1 aliphatic rings. The molecule has 0 radical (unpaired) electrons. The number of carboxylic acid groups (broad SMARTS) is 1. The van der Waals surface area contributed by atoms with Gasteiger partial charge >= 0.3 is 23.9 Å². The van der Waals surface area contributed by atoms with E-state index in [2.05, 4.69) is 148 Å². The van der Waals surface area contributed by atoms with Gasteiger partial charge in [0.15, 0.2) is 24.6 Å². The molecule has 12 heteroatoms. The molecule has 77 heavy (non-hydrogen) atoms. The molecule has 0 spiro atoms. The monoisotopic (exact) mass is 1070 g/mol. The highest BCUT2D eigenvalue weighted by Crippen LogP contribution is 2.26. The fraction of sp³-hybridized carbons (Fsp3) is 0.600. The Bertz CT molecular complexity index is 1850. The summed E-state index contributed by atoms with van der Waals surface area (Å²) in [4.78, 5) is 51.1. The summed E-state index contributed by atoms with van der Waals surface area (Å²) in [7, 11) is 0. The van der Waals surface area contributed by atoms with Crippen LogP contribution in [0.2, 0.25) is 0 Å². The number of carbonyl (C=O) groups excluding carboxylic acids is 3. The van der Waals surface area contributed by atoms with E-state index in [9.17, 15) is 34.5 Å². The number of aliphatic hydroxyl groups excluding tert-OH is 2. The highest BCUT2D eigenvalue weighted by atomic mass is 16.7. The first-order chi connectivity index (χ1) is 37.6. The van der Waals surface area contributed by atoms with Crippen molar-refractivity contribution in [2.45, 2.75) is 237 Å². The molecule has 6 atom stereocenters. The van der Waals surface area contributed by atoms with Gasteiger partial charge in [-0.1, -0.05) is 193 Å². The van der Waals surface area contributed by atoms with Crippen molar-refractivity contribution in [2.24, 2.45) is 0 Å². The molecule has 1 heterocycles. The summed E-state index contributed by atoms with van der Waals surface area (Å²) >= 11 is 0. The zero-order valence-electron chi connectivity index (χ0n) is 47.4. The van der Waals surface area contributed by atoms with Crippen LogP contribution in [0.4, 0.5) is 0 Å². The standard InChI is InChI=1S/C65H100O12/c1-4-7-10-13-16-19-22-25-27-29-31-34-36-39-42-45-48-51-57(66)73-54-56(75-58(67)52-49-46-43-40-38-35-32-30-28-26-23-20-17-14-11-8-5-2)55-74-65-63(61(70)60(69)62(77-65)64(71)72)76-59(68)53-50-47-44-41-37-33-24-21-18-15-12-9-6-3/h7-12,16-21,25-28,31,33-34,37,39,42,56,60-63,65,69-70H,4-6,13-15,22-24,29-30,32,35-36,38,40-41,43-55H2,1-3H3,(H,71,72)/b10-7-,11-8-,12-9-,19-16-,20-17-,21-18-,27-25-,28-26-,34-31-,37-33-,42-39-. The fourth-order valence-corrected chi connectivity index (χ4v) is 7.84. The van der Waals surface area contributed by atoms with Crippen molar-refractivity contribution >= 4 is 23.9 Å². The number of aliphatic carboxylic acids is 1. The van der Waals surface area contributed by atoms with Crippen LogP contribution in [0.3, 0.4) is 0 Å². The fourth-order valence-electron chi connectivity index (χ4n) is 7.84. The van der Waals surface area contributed by atoms with Gasteiger partial charge < -0.3 is 39.0 Å². The molecule has 0 aromatic carbocycles. The van der Waals surface area contributed by atoms with E-state index in [0.29, 0.717) is 25.7 Å². The maximum absolute atomic E-state index is 13.2. The van der Waals surface area contributed by atoms with Crippen molar-refractivity contribution < 1.29 is 58.2 Å². The van der Waals surface area contributed by atoms with Gasteiger partial charge in [0.1, 0.15) is 18.8 Å². The summed E-state index contributed by atoms with van der Waals surface area (Å²) in [5.74, 6) is -3.27. The molecule has 0 aromatic heterocycles. The minimum Gasteiger partial charge on any atom is -0.479 e. The molecule has 1 aliphatic heterocycles. The van der Waals surface area contributed by atoms with E-state index in [-0.39, 0.29) is 25.9 Å². The van der Waals surface area contributed by atoms with Crippen LogP contribution in [0.1, 0.15) is 201 Å². The van der Waals surface area contributed by atoms with Gasteiger partial charge in [-0.3, -0.25) is 14.4 Å². The Hall–Kier alpha value is -5.14. The highest BCUT2D eigenvalue weighted by Gasteiger charge is 2.50. The molecule has 1 saturated heterocycles. The van der Waals surface area contributed by atoms with Gasteiger partial charge in [0.05, 0.1) is 6.61 Å². The molecule has 0 aromatic rings. The molecule has 0 aliphatic carbocycles. The van der Waals surface area contributed by atoms with Crippen LogP contribution < -0.4 is 0 Å². The van der Waals surface area contributed by atoms with Crippen molar-refractivity contribution in [2.75, 3.05) is 13.2 Å². The zero-order valence-corrected chi connectivity index (χ0v) is 47.4. The summed E-state index contributed by atoms with van der Waals surface area (Å²) in [5, 5.41) is 31.5. The Labute approximate surface area is 464 Å². The van der Waals surface area contributed by atoms with Gasteiger partial charge in [-0.05, 0) is 122 Å². The van der Waals surface area contributed by atoms with E-state index in [1.165, 1.54) is 0 Å². The first kappa shape index (κ1) is 69.9. The van der Waals surface area contributed by atoms with Crippen molar-refractivity contribution in [1.29, 1.82) is 0 Å². The molecule has 1 rings (SSSR count). The molecule has 432 valence electrons. The van der Waals surface area contributed by atoms with Crippen LogP contribution in [0.25, 0.3) is 0 Å². The highest BCUT2D eigenvalue weighted by molar-refractivity contribution is 5.74. The zero-order chi connectivity index (χ0) is 56.1. The Morgan fingerprint density at radius 2 is 0.792 bits per heavy atom. The summed E-state index contributed by atoms with van der Waals surface area (Å²) in [6.07, 6.45) is 60.0. The molecular formula is C65H100O12. The molecule has 3 N–H and O–H groups in total. The van der Waals surface area contributed by atoms with Gasteiger partial charge in [-0.2, -0.15) is 0 Å². The van der Waals surface area contributed by atoms with E-state index in [0.717, 1.165) is 135 Å². The molecule has 0 bridgehead atoms. The average molecular weight is 1070 g/mol. The van der Waals surface area contributed by atoms with Crippen LogP contribution in [0, 0.1) is 0 Å². The molecule has 0 amide bonds. The maximum Gasteiger partial charge on any atom is 0.335 e. The lowest BCUT2D eigenvalue weighted by atomic mass is 9.98. The quantitative estimate of drug-likeness (QED) is 0.0228. The predicted molar refractivity (Wildman–Crippen MR) is 312 cm³/mol. The predicted octanol–water partition coefficient (Wildman–Crippen LogP) is 15.0. The number of allylic oxidation sites excluding steroid dienone is 22. The van der Waals surface area contributed by atoms with Crippen LogP contribution in [0.5, 0.6) is 0 Å². The summed E-state index contributed by atoms with van der Waals surface area (Å²) in [5.41, 5.74) is 0. The Balaban J connectivity index is 2.77. The van der Waals surface area contributed by atoms with Crippen LogP contribution in [-0.4, -0.2) is 89.2 Å². The summed E-state index contributed by atoms with van der Waals surface area (Å²) in [6, 6.07) is 0. The van der Waals surface area contributed by atoms with Crippen LogP contribution in [0.15, 0.2) is 134 Å². The first-order valence-corrected chi connectivity index (χ1v) is 29.2. The number of hydrogen-bond acceptors (Lipinski definition) is 11. The average Bonchev–Trinajstić information content (AvgIpc) is 3.42. The second kappa shape index (κ2) is 51.6. The van der Waals surface area contributed by atoms with E-state index in [4.69, 9.17) is 23.7 Å². The van der Waals surface area contributed by atoms with Gasteiger partial charge in [-0.15, -0.1) is 0 Å². The number of rotatable bonds is 47. The molecule has 6 unspecified atom stereocenters. The number of aliphatic hydroxyl groups is 2. The van der Waals surface area contributed by atoms with Crippen molar-refractivity contribution in [1.82, 2.24) is 0 Å². The maximum atomic E-state index is 13.2. The van der Waals surface area contributed by atoms with Crippen molar-refractivity contribution in [3.8, 4) is 0 Å². The number of ether oxygens (including phenoxy) is 5. The summed E-state index contributed by atoms with van der Waals surface area (Å²) < 4.78 is 28.3. The minimum absolute atomic E-state index is 0.0110. The second-order valence-electron chi connectivity index (χ2n) is 19.1. The smallest absolute Gasteiger partial charge is 0.335 e. The van der Waals surface area contributed by atoms with E-state index >= 15 is 0 Å². The minimum atomic E-state index is -1.93. The largest absolute Gasteiger partial charge is 0.479 e. The van der Waals surface area contributed by atoms with Crippen molar-refractivity contribution in [3.05, 3.63) is 134 Å². The van der Waals surface area contributed by atoms with E-state index < -0.39 is 67.3 Å². The molecular weight excluding hydrogens is 973 g/mol. The number of unbranched alkanes of at least 4 members (excludes halogenated alkanes) is 11. The van der Waals surface area contributed by atoms with Crippen molar-refractivity contribution in [3.63, 3.8) is 0 Å². The third kappa shape index (κ3) is 41.6. The van der Waals surface area contributed by atoms with E-state index in [1.807, 2.05) is 6.08 Å². The molecule has 0 saturated carbocycles. The Kier molecular flexibility index (Phi) is 46.8. The SMILES string of the molecule is CC/C=C\C/C=C\C/C=C\C/C=C\C/C=C\CCCC(=O)OCC(COC1OC(C(=O)O)C(O)C(O)C1OC(=O)CCCCC/C=C\C/C=C\C/C=C\CC)OC(=O)CCCCCCCCC/C=C\C/C=C\C/C=C\CC. The third-order valence-electron chi connectivity index (χ3n) is 12.2. The lowest BCUT2D eigenvalue weighted by Gasteiger charge is -2.40. The third-order valence-corrected chi connectivity index (χ3v) is 12.2. The number of hydrogen-bond donors (Lipinski definition) is 3. The molecule has 1 fully saturated rings. The number of carbonyl (C=O) groups is 4. The Morgan fingerprint density at radius 1 is 0.429 bits per heavy atom. The lowest BCUT2D eigenvalue weighted by molar-refractivity contribution is -0.301. The topological polar surface area (TPSA) is 175 Å². The van der Waals surface area contributed by atoms with Gasteiger partial charge in [0, 0.05) is 19.3 Å². The molecule has 12 nitrogen and oxygen atoms in total.